The highest BCUT2D eigenvalue weighted by atomic mass is 16.1. The van der Waals surface area contributed by atoms with E-state index >= 15 is 0 Å². The average Bonchev–Trinajstić information content (AvgIpc) is 2.75. The molecule has 0 unspecified atom stereocenters. The first-order valence-electron chi connectivity index (χ1n) is 9.86. The predicted molar refractivity (Wildman–Crippen MR) is 117 cm³/mol. The fourth-order valence-corrected chi connectivity index (χ4v) is 3.56. The number of piperazine rings is 1. The van der Waals surface area contributed by atoms with Gasteiger partial charge in [0.15, 0.2) is 0 Å². The van der Waals surface area contributed by atoms with Crippen LogP contribution in [-0.4, -0.2) is 42.1 Å². The van der Waals surface area contributed by atoms with Gasteiger partial charge in [-0.15, -0.1) is 0 Å². The molecule has 0 radical (unpaired) electrons. The summed E-state index contributed by atoms with van der Waals surface area (Å²) in [5, 5.41) is 2.93. The van der Waals surface area contributed by atoms with Crippen molar-refractivity contribution in [3.8, 4) is 0 Å². The number of aryl methyl sites for hydroxylation is 2. The first kappa shape index (κ1) is 18.9. The minimum absolute atomic E-state index is 0.221. The Balaban J connectivity index is 1.43. The van der Waals surface area contributed by atoms with Crippen molar-refractivity contribution in [1.82, 2.24) is 9.97 Å². The number of benzene rings is 2. The summed E-state index contributed by atoms with van der Waals surface area (Å²) in [5.41, 5.74) is 4.71. The summed E-state index contributed by atoms with van der Waals surface area (Å²) in [4.78, 5) is 25.8. The van der Waals surface area contributed by atoms with Crippen molar-refractivity contribution in [2.45, 2.75) is 13.8 Å². The first-order valence-corrected chi connectivity index (χ1v) is 9.86. The third-order valence-electron chi connectivity index (χ3n) is 5.25. The lowest BCUT2D eigenvalue weighted by Crippen LogP contribution is -2.47. The van der Waals surface area contributed by atoms with E-state index in [0.717, 1.165) is 43.2 Å². The maximum Gasteiger partial charge on any atom is 0.274 e. The molecule has 0 saturated carbocycles. The van der Waals surface area contributed by atoms with E-state index in [1.807, 2.05) is 31.2 Å². The molecule has 4 rings (SSSR count). The van der Waals surface area contributed by atoms with Gasteiger partial charge in [-0.1, -0.05) is 30.3 Å². The highest BCUT2D eigenvalue weighted by molar-refractivity contribution is 6.03. The Bertz CT molecular complexity index is 1010. The van der Waals surface area contributed by atoms with E-state index in [0.29, 0.717) is 5.69 Å². The van der Waals surface area contributed by atoms with E-state index < -0.39 is 0 Å². The number of hydrogen-bond donors (Lipinski definition) is 1. The van der Waals surface area contributed by atoms with Crippen LogP contribution in [0.25, 0.3) is 0 Å². The number of nitrogens with zero attached hydrogens (tertiary/aromatic N) is 4. The number of carbonyl (C=O) groups excluding carboxylic acids is 1. The number of hydrogen-bond acceptors (Lipinski definition) is 5. The molecule has 148 valence electrons. The van der Waals surface area contributed by atoms with Gasteiger partial charge in [-0.2, -0.15) is 0 Å². The molecular weight excluding hydrogens is 362 g/mol. The number of para-hydroxylation sites is 1. The van der Waals surface area contributed by atoms with E-state index in [9.17, 15) is 4.79 Å². The molecule has 2 heterocycles. The zero-order valence-electron chi connectivity index (χ0n) is 16.8. The van der Waals surface area contributed by atoms with E-state index in [4.69, 9.17) is 0 Å². The Hall–Kier alpha value is -3.41. The quantitative estimate of drug-likeness (QED) is 0.740. The average molecular weight is 387 g/mol. The summed E-state index contributed by atoms with van der Waals surface area (Å²) >= 11 is 0. The lowest BCUT2D eigenvalue weighted by atomic mass is 10.2. The molecule has 3 aromatic rings. The van der Waals surface area contributed by atoms with Gasteiger partial charge in [-0.05, 0) is 43.2 Å². The molecule has 6 nitrogen and oxygen atoms in total. The van der Waals surface area contributed by atoms with Gasteiger partial charge in [0.05, 0.1) is 0 Å². The molecule has 1 saturated heterocycles. The second kappa shape index (κ2) is 8.31. The summed E-state index contributed by atoms with van der Waals surface area (Å²) in [6.45, 7) is 7.61. The SMILES string of the molecule is Cc1cccc(N2CCN(c3cc(C(=O)Nc4ccccc4C)ncn3)CC2)c1. The summed E-state index contributed by atoms with van der Waals surface area (Å²) in [6, 6.07) is 18.1. The molecule has 1 N–H and O–H groups in total. The van der Waals surface area contributed by atoms with Crippen molar-refractivity contribution in [1.29, 1.82) is 0 Å². The Morgan fingerprint density at radius 1 is 0.897 bits per heavy atom. The molecule has 0 aliphatic carbocycles. The Morgan fingerprint density at radius 3 is 2.41 bits per heavy atom. The normalized spacial score (nSPS) is 14.0. The lowest BCUT2D eigenvalue weighted by Gasteiger charge is -2.36. The van der Waals surface area contributed by atoms with E-state index in [-0.39, 0.29) is 5.91 Å². The highest BCUT2D eigenvalue weighted by Crippen LogP contribution is 2.21. The zero-order valence-corrected chi connectivity index (χ0v) is 16.8. The molecule has 0 spiro atoms. The maximum absolute atomic E-state index is 12.6. The molecule has 6 heteroatoms. The summed E-state index contributed by atoms with van der Waals surface area (Å²) in [7, 11) is 0. The third-order valence-corrected chi connectivity index (χ3v) is 5.25. The van der Waals surface area contributed by atoms with Crippen LogP contribution in [0.5, 0.6) is 0 Å². The summed E-state index contributed by atoms with van der Waals surface area (Å²) < 4.78 is 0. The van der Waals surface area contributed by atoms with Crippen LogP contribution >= 0.6 is 0 Å². The van der Waals surface area contributed by atoms with Gasteiger partial charge < -0.3 is 15.1 Å². The Morgan fingerprint density at radius 2 is 1.66 bits per heavy atom. The van der Waals surface area contributed by atoms with Gasteiger partial charge in [-0.25, -0.2) is 9.97 Å². The molecule has 1 aliphatic heterocycles. The van der Waals surface area contributed by atoms with Crippen molar-refractivity contribution < 1.29 is 4.79 Å². The predicted octanol–water partition coefficient (Wildman–Crippen LogP) is 3.67. The van der Waals surface area contributed by atoms with E-state index in [1.54, 1.807) is 6.07 Å². The number of amides is 1. The minimum Gasteiger partial charge on any atom is -0.368 e. The van der Waals surface area contributed by atoms with Crippen LogP contribution in [0.1, 0.15) is 21.6 Å². The van der Waals surface area contributed by atoms with Crippen molar-refractivity contribution >= 4 is 23.1 Å². The van der Waals surface area contributed by atoms with E-state index in [1.165, 1.54) is 17.6 Å². The standard InChI is InChI=1S/C23H25N5O/c1-17-6-5-8-19(14-17)27-10-12-28(13-11-27)22-15-21(24-16-25-22)23(29)26-20-9-4-3-7-18(20)2/h3-9,14-16H,10-13H2,1-2H3,(H,26,29). The number of nitrogens with one attached hydrogen (secondary N) is 1. The number of carbonyl (C=O) groups is 1. The molecule has 1 aliphatic rings. The van der Waals surface area contributed by atoms with Crippen LogP contribution in [0, 0.1) is 13.8 Å². The van der Waals surface area contributed by atoms with Crippen LogP contribution in [-0.2, 0) is 0 Å². The molecule has 1 aromatic heterocycles. The number of anilines is 3. The van der Waals surface area contributed by atoms with Crippen LogP contribution in [0.3, 0.4) is 0 Å². The Labute approximate surface area is 171 Å². The van der Waals surface area contributed by atoms with Crippen LogP contribution in [0.2, 0.25) is 0 Å². The summed E-state index contributed by atoms with van der Waals surface area (Å²) in [6.07, 6.45) is 1.47. The Kier molecular flexibility index (Phi) is 5.42. The van der Waals surface area contributed by atoms with Crippen molar-refractivity contribution in [2.24, 2.45) is 0 Å². The van der Waals surface area contributed by atoms with Crippen LogP contribution < -0.4 is 15.1 Å². The van der Waals surface area contributed by atoms with Gasteiger partial charge >= 0.3 is 0 Å². The fraction of sp³-hybridized carbons (Fsp3) is 0.261. The summed E-state index contributed by atoms with van der Waals surface area (Å²) in [5.74, 6) is 0.570. The van der Waals surface area contributed by atoms with Crippen molar-refractivity contribution in [3.05, 3.63) is 77.7 Å². The van der Waals surface area contributed by atoms with E-state index in [2.05, 4.69) is 56.3 Å². The molecule has 1 amide bonds. The monoisotopic (exact) mass is 387 g/mol. The highest BCUT2D eigenvalue weighted by Gasteiger charge is 2.20. The molecule has 29 heavy (non-hydrogen) atoms. The molecule has 2 aromatic carbocycles. The third kappa shape index (κ3) is 4.37. The minimum atomic E-state index is -0.221. The maximum atomic E-state index is 12.6. The van der Waals surface area contributed by atoms with Crippen LogP contribution in [0.15, 0.2) is 60.9 Å². The zero-order chi connectivity index (χ0) is 20.2. The number of aromatic nitrogens is 2. The second-order valence-electron chi connectivity index (χ2n) is 7.34. The smallest absolute Gasteiger partial charge is 0.274 e. The molecule has 0 atom stereocenters. The van der Waals surface area contributed by atoms with Gasteiger partial charge in [0.1, 0.15) is 17.8 Å². The molecule has 0 bridgehead atoms. The van der Waals surface area contributed by atoms with Crippen LogP contribution in [0.4, 0.5) is 17.2 Å². The van der Waals surface area contributed by atoms with Gasteiger partial charge in [0.2, 0.25) is 0 Å². The number of rotatable bonds is 4. The van der Waals surface area contributed by atoms with Gasteiger partial charge in [-0.3, -0.25) is 4.79 Å². The topological polar surface area (TPSA) is 61.4 Å². The largest absolute Gasteiger partial charge is 0.368 e. The first-order chi connectivity index (χ1) is 14.1. The van der Waals surface area contributed by atoms with Gasteiger partial charge in [0, 0.05) is 43.6 Å². The lowest BCUT2D eigenvalue weighted by molar-refractivity contribution is 0.102. The van der Waals surface area contributed by atoms with Crippen molar-refractivity contribution in [3.63, 3.8) is 0 Å². The second-order valence-corrected chi connectivity index (χ2v) is 7.34. The molecule has 1 fully saturated rings. The van der Waals surface area contributed by atoms with Gasteiger partial charge in [0.25, 0.3) is 5.91 Å². The van der Waals surface area contributed by atoms with Crippen molar-refractivity contribution in [2.75, 3.05) is 41.3 Å². The molecular formula is C23H25N5O. The fourth-order valence-electron chi connectivity index (χ4n) is 3.56.